The highest BCUT2D eigenvalue weighted by molar-refractivity contribution is 6.72. The first-order valence-corrected chi connectivity index (χ1v) is 16.2. The molecule has 2 amide bonds. The number of aliphatic hydroxyl groups is 1. The van der Waals surface area contributed by atoms with Gasteiger partial charge in [-0.05, 0) is 55.4 Å². The Morgan fingerprint density at radius 3 is 2.58 bits per heavy atom. The molecule has 1 spiro atoms. The van der Waals surface area contributed by atoms with E-state index in [1.807, 2.05) is 49.4 Å². The van der Waals surface area contributed by atoms with Crippen molar-refractivity contribution in [1.82, 2.24) is 5.32 Å². The maximum absolute atomic E-state index is 15.7. The van der Waals surface area contributed by atoms with Gasteiger partial charge in [-0.1, -0.05) is 19.1 Å². The molecule has 3 aliphatic heterocycles. The monoisotopic (exact) mass is 541 g/mol. The van der Waals surface area contributed by atoms with Gasteiger partial charge in [0.1, 0.15) is 5.75 Å². The molecule has 0 aliphatic carbocycles. The number of fused-ring (bicyclic) bond motifs is 2. The fraction of sp³-hybridized carbons (Fsp3) is 0.500. The number of nitrogens with one attached hydrogen (secondary N) is 1. The van der Waals surface area contributed by atoms with Crippen LogP contribution in [0.5, 0.6) is 5.75 Å². The fourth-order valence-corrected chi connectivity index (χ4v) is 9.09. The number of carbonyl (C=O) groups excluding carboxylic acids is 2. The molecule has 4 atom stereocenters. The largest absolute Gasteiger partial charge is 0.497 e. The van der Waals surface area contributed by atoms with Crippen LogP contribution in [0.25, 0.3) is 0 Å². The maximum atomic E-state index is 15.7. The van der Waals surface area contributed by atoms with Gasteiger partial charge in [0.25, 0.3) is 5.91 Å². The van der Waals surface area contributed by atoms with Gasteiger partial charge in [0, 0.05) is 42.4 Å². The van der Waals surface area contributed by atoms with Crippen molar-refractivity contribution in [2.75, 3.05) is 43.2 Å². The molecular formula is C28H36FN3O5Si. The number of carbonyl (C=O) groups is 2. The Morgan fingerprint density at radius 1 is 1.21 bits per heavy atom. The molecule has 2 aromatic carbocycles. The van der Waals surface area contributed by atoms with E-state index in [-0.39, 0.29) is 24.8 Å². The quantitative estimate of drug-likeness (QED) is 0.413. The Labute approximate surface area is 223 Å². The molecule has 5 rings (SSSR count). The molecule has 0 bridgehead atoms. The van der Waals surface area contributed by atoms with Gasteiger partial charge < -0.3 is 33.8 Å². The zero-order valence-corrected chi connectivity index (χ0v) is 23.4. The van der Waals surface area contributed by atoms with E-state index in [1.54, 1.807) is 30.0 Å². The minimum absolute atomic E-state index is 0.0298. The number of benzene rings is 2. The number of nitrogens with zero attached hydrogens (tertiary/aromatic N) is 2. The van der Waals surface area contributed by atoms with Crippen molar-refractivity contribution in [3.8, 4) is 5.75 Å². The molecular weight excluding hydrogens is 505 g/mol. The van der Waals surface area contributed by atoms with Crippen LogP contribution >= 0.6 is 0 Å². The van der Waals surface area contributed by atoms with Crippen molar-refractivity contribution < 1.29 is 28.3 Å². The Kier molecular flexibility index (Phi) is 7.10. The highest BCUT2D eigenvalue weighted by atomic mass is 28.4. The average Bonchev–Trinajstić information content (AvgIpc) is 3.31. The molecule has 8 nitrogen and oxygen atoms in total. The number of hydrogen-bond acceptors (Lipinski definition) is 6. The number of ether oxygens (including phenoxy) is 2. The van der Waals surface area contributed by atoms with E-state index in [9.17, 15) is 14.7 Å². The summed E-state index contributed by atoms with van der Waals surface area (Å²) in [6.07, 6.45) is -0.281. The van der Waals surface area contributed by atoms with Gasteiger partial charge in [0.2, 0.25) is 14.3 Å². The number of methoxy groups -OCH3 is 1. The summed E-state index contributed by atoms with van der Waals surface area (Å²) in [5, 5.41) is 12.8. The smallest absolute Gasteiger partial charge is 0.264 e. The fourth-order valence-electron chi connectivity index (χ4n) is 6.55. The van der Waals surface area contributed by atoms with E-state index < -0.39 is 31.6 Å². The minimum atomic E-state index is -3.25. The van der Waals surface area contributed by atoms with Crippen LogP contribution in [0.2, 0.25) is 18.6 Å². The van der Waals surface area contributed by atoms with Crippen molar-refractivity contribution in [1.29, 1.82) is 0 Å². The summed E-state index contributed by atoms with van der Waals surface area (Å²) in [4.78, 5) is 30.1. The zero-order chi connectivity index (χ0) is 27.2. The van der Waals surface area contributed by atoms with Gasteiger partial charge in [-0.25, -0.2) is 0 Å². The maximum Gasteiger partial charge on any atom is 0.264 e. The van der Waals surface area contributed by atoms with Crippen LogP contribution in [-0.4, -0.2) is 64.8 Å². The topological polar surface area (TPSA) is 91.3 Å². The second-order valence-electron chi connectivity index (χ2n) is 10.9. The Hall–Kier alpha value is -2.79. The third kappa shape index (κ3) is 4.33. The third-order valence-electron chi connectivity index (χ3n) is 8.26. The first kappa shape index (κ1) is 26.8. The second-order valence-corrected chi connectivity index (χ2v) is 14.7. The lowest BCUT2D eigenvalue weighted by Gasteiger charge is -2.31. The van der Waals surface area contributed by atoms with E-state index in [2.05, 4.69) is 5.32 Å². The lowest BCUT2D eigenvalue weighted by atomic mass is 9.82. The summed E-state index contributed by atoms with van der Waals surface area (Å²) in [6, 6.07) is 13.2. The number of hydrogen-bond donors (Lipinski definition) is 2. The lowest BCUT2D eigenvalue weighted by Crippen LogP contribution is -2.48. The van der Waals surface area contributed by atoms with Crippen molar-refractivity contribution in [3.63, 3.8) is 0 Å². The first-order valence-electron chi connectivity index (χ1n) is 13.2. The number of amides is 2. The van der Waals surface area contributed by atoms with Crippen molar-refractivity contribution >= 4 is 31.6 Å². The number of aliphatic hydroxyl groups excluding tert-OH is 1. The number of anilines is 2. The van der Waals surface area contributed by atoms with Crippen molar-refractivity contribution in [3.05, 3.63) is 53.6 Å². The molecule has 2 fully saturated rings. The van der Waals surface area contributed by atoms with Gasteiger partial charge in [0.05, 0.1) is 32.0 Å². The van der Waals surface area contributed by atoms with Gasteiger partial charge >= 0.3 is 0 Å². The van der Waals surface area contributed by atoms with Gasteiger partial charge in [-0.2, -0.15) is 0 Å². The molecule has 0 radical (unpaired) electrons. The van der Waals surface area contributed by atoms with Crippen LogP contribution in [0.1, 0.15) is 24.5 Å². The Bertz CT molecular complexity index is 1220. The summed E-state index contributed by atoms with van der Waals surface area (Å²) >= 11 is 0. The molecule has 38 heavy (non-hydrogen) atoms. The van der Waals surface area contributed by atoms with Crippen LogP contribution in [0.3, 0.4) is 0 Å². The van der Waals surface area contributed by atoms with Crippen molar-refractivity contribution in [2.45, 2.75) is 50.2 Å². The van der Waals surface area contributed by atoms with E-state index >= 15 is 4.11 Å². The van der Waals surface area contributed by atoms with Crippen molar-refractivity contribution in [2.24, 2.45) is 5.92 Å². The summed E-state index contributed by atoms with van der Waals surface area (Å²) < 4.78 is 27.7. The Balaban J connectivity index is 1.50. The minimum Gasteiger partial charge on any atom is -0.497 e. The van der Waals surface area contributed by atoms with Gasteiger partial charge in [-0.15, -0.1) is 0 Å². The SMILES string of the molecule is COc1ccc2c(c1)[C@@]1(O[C@H](CCO)[C@@H]([Si](C)(C)F)[C@@H]1C)C(=O)N2Cc1ccc(N2CCNCC2=O)cc1. The molecule has 2 saturated heterocycles. The molecule has 0 saturated carbocycles. The molecule has 204 valence electrons. The predicted octanol–water partition coefficient (Wildman–Crippen LogP) is 3.34. The third-order valence-corrected chi connectivity index (χ3v) is 10.7. The van der Waals surface area contributed by atoms with Crippen LogP contribution in [0.15, 0.2) is 42.5 Å². The highest BCUT2D eigenvalue weighted by Crippen LogP contribution is 2.60. The average molecular weight is 542 g/mol. The standard InChI is InChI=1S/C28H36FN3O5Si/c1-18-26(38(3,4)29)24(11-14-33)37-28(18)22-15-21(36-2)9-10-23(22)32(27(28)35)17-19-5-7-20(8-6-19)31-13-12-30-16-25(31)34/h5-10,15,18,24,26,30,33H,11-14,16-17H2,1-4H3/t18-,24+,26-,28+/m0/s1. The van der Waals surface area contributed by atoms with Crippen LogP contribution in [0.4, 0.5) is 15.5 Å². The van der Waals surface area contributed by atoms with E-state index in [0.29, 0.717) is 36.6 Å². The number of halogens is 1. The zero-order valence-electron chi connectivity index (χ0n) is 22.4. The van der Waals surface area contributed by atoms with Crippen LogP contribution in [-0.2, 0) is 26.5 Å². The summed E-state index contributed by atoms with van der Waals surface area (Å²) in [7, 11) is -1.68. The molecule has 0 aromatic heterocycles. The van der Waals surface area contributed by atoms with Crippen LogP contribution in [0, 0.1) is 5.92 Å². The molecule has 0 unspecified atom stereocenters. The molecule has 10 heteroatoms. The Morgan fingerprint density at radius 2 is 1.95 bits per heavy atom. The van der Waals surface area contributed by atoms with Gasteiger partial charge in [0.15, 0.2) is 5.60 Å². The molecule has 2 N–H and O–H groups in total. The summed E-state index contributed by atoms with van der Waals surface area (Å²) in [6.45, 7) is 7.04. The lowest BCUT2D eigenvalue weighted by molar-refractivity contribution is -0.146. The van der Waals surface area contributed by atoms with E-state index in [0.717, 1.165) is 17.8 Å². The number of rotatable bonds is 7. The van der Waals surface area contributed by atoms with Gasteiger partial charge in [-0.3, -0.25) is 9.59 Å². The molecule has 3 heterocycles. The van der Waals surface area contributed by atoms with E-state index in [4.69, 9.17) is 9.47 Å². The molecule has 2 aromatic rings. The summed E-state index contributed by atoms with van der Waals surface area (Å²) in [5.74, 6) is -0.0202. The van der Waals surface area contributed by atoms with Crippen LogP contribution < -0.4 is 19.9 Å². The molecule has 3 aliphatic rings. The normalized spacial score (nSPS) is 27.4. The second kappa shape index (κ2) is 10.1. The first-order chi connectivity index (χ1) is 18.1. The van der Waals surface area contributed by atoms with E-state index in [1.165, 1.54) is 0 Å². The predicted molar refractivity (Wildman–Crippen MR) is 146 cm³/mol. The number of piperazine rings is 1. The summed E-state index contributed by atoms with van der Waals surface area (Å²) in [5.41, 5.74) is 1.32. The highest BCUT2D eigenvalue weighted by Gasteiger charge is 2.66.